The fourth-order valence-electron chi connectivity index (χ4n) is 1.61. The van der Waals surface area contributed by atoms with E-state index in [-0.39, 0.29) is 11.5 Å². The van der Waals surface area contributed by atoms with Crippen molar-refractivity contribution in [1.82, 2.24) is 9.55 Å². The molecule has 0 atom stereocenters. The van der Waals surface area contributed by atoms with Crippen molar-refractivity contribution in [2.75, 3.05) is 0 Å². The van der Waals surface area contributed by atoms with Crippen LogP contribution in [0.3, 0.4) is 0 Å². The highest BCUT2D eigenvalue weighted by atomic mass is 35.5. The zero-order valence-electron chi connectivity index (χ0n) is 12.2. The SMILES string of the molecule is CC(C)(C)C(=O)/C(=C\n1ccnc1)Oc1ccc(Cl)cc1. The average molecular weight is 305 g/mol. The third kappa shape index (κ3) is 4.20. The molecule has 0 saturated heterocycles. The molecule has 5 heteroatoms. The van der Waals surface area contributed by atoms with Gasteiger partial charge in [0, 0.05) is 22.8 Å². The van der Waals surface area contributed by atoms with Crippen molar-refractivity contribution in [1.29, 1.82) is 0 Å². The van der Waals surface area contributed by atoms with Crippen molar-refractivity contribution < 1.29 is 9.53 Å². The first-order chi connectivity index (χ1) is 9.86. The molecular formula is C16H17ClN2O2. The number of hydrogen-bond acceptors (Lipinski definition) is 3. The monoisotopic (exact) mass is 304 g/mol. The second kappa shape index (κ2) is 6.14. The fourth-order valence-corrected chi connectivity index (χ4v) is 1.74. The number of halogens is 1. The van der Waals surface area contributed by atoms with Gasteiger partial charge in [-0.3, -0.25) is 4.79 Å². The summed E-state index contributed by atoms with van der Waals surface area (Å²) < 4.78 is 7.41. The number of benzene rings is 1. The number of hydrogen-bond donors (Lipinski definition) is 0. The number of allylic oxidation sites excluding steroid dienone is 1. The van der Waals surface area contributed by atoms with Gasteiger partial charge in [-0.05, 0) is 24.3 Å². The molecule has 4 nitrogen and oxygen atoms in total. The molecule has 110 valence electrons. The summed E-state index contributed by atoms with van der Waals surface area (Å²) in [6.07, 6.45) is 6.59. The van der Waals surface area contributed by atoms with E-state index >= 15 is 0 Å². The lowest BCUT2D eigenvalue weighted by Gasteiger charge is -2.19. The van der Waals surface area contributed by atoms with Crippen LogP contribution in [0, 0.1) is 5.41 Å². The first-order valence-corrected chi connectivity index (χ1v) is 6.91. The number of aromatic nitrogens is 2. The largest absolute Gasteiger partial charge is 0.452 e. The van der Waals surface area contributed by atoms with Crippen LogP contribution in [0.4, 0.5) is 0 Å². The number of ketones is 1. The molecule has 1 aromatic heterocycles. The zero-order chi connectivity index (χ0) is 15.5. The van der Waals surface area contributed by atoms with Gasteiger partial charge in [0.1, 0.15) is 5.75 Å². The molecule has 0 amide bonds. The Kier molecular flexibility index (Phi) is 4.48. The number of imidazole rings is 1. The molecule has 2 aromatic rings. The summed E-state index contributed by atoms with van der Waals surface area (Å²) in [5.41, 5.74) is -0.543. The van der Waals surface area contributed by atoms with Gasteiger partial charge in [-0.1, -0.05) is 32.4 Å². The third-order valence-corrected chi connectivity index (χ3v) is 2.99. The Labute approximate surface area is 129 Å². The van der Waals surface area contributed by atoms with Crippen LogP contribution in [0.25, 0.3) is 6.20 Å². The minimum Gasteiger partial charge on any atom is -0.452 e. The lowest BCUT2D eigenvalue weighted by Crippen LogP contribution is -2.25. The maximum Gasteiger partial charge on any atom is 0.204 e. The Morgan fingerprint density at radius 3 is 2.48 bits per heavy atom. The van der Waals surface area contributed by atoms with Gasteiger partial charge in [0.2, 0.25) is 5.78 Å². The van der Waals surface area contributed by atoms with Crippen molar-refractivity contribution in [2.45, 2.75) is 20.8 Å². The van der Waals surface area contributed by atoms with Crippen molar-refractivity contribution in [2.24, 2.45) is 5.41 Å². The Morgan fingerprint density at radius 1 is 1.29 bits per heavy atom. The van der Waals surface area contributed by atoms with Crippen LogP contribution in [0.2, 0.25) is 5.02 Å². The van der Waals surface area contributed by atoms with Gasteiger partial charge in [0.15, 0.2) is 5.76 Å². The summed E-state index contributed by atoms with van der Waals surface area (Å²) in [6, 6.07) is 6.88. The fraction of sp³-hybridized carbons (Fsp3) is 0.250. The minimum atomic E-state index is -0.543. The summed E-state index contributed by atoms with van der Waals surface area (Å²) in [4.78, 5) is 16.5. The van der Waals surface area contributed by atoms with Crippen molar-refractivity contribution in [3.63, 3.8) is 0 Å². The smallest absolute Gasteiger partial charge is 0.204 e. The Hall–Kier alpha value is -2.07. The van der Waals surface area contributed by atoms with Crippen molar-refractivity contribution in [3.8, 4) is 5.75 Å². The molecule has 0 spiro atoms. The molecule has 1 heterocycles. The summed E-state index contributed by atoms with van der Waals surface area (Å²) in [7, 11) is 0. The van der Waals surface area contributed by atoms with Gasteiger partial charge >= 0.3 is 0 Å². The minimum absolute atomic E-state index is 0.0915. The van der Waals surface area contributed by atoms with Crippen LogP contribution < -0.4 is 4.74 Å². The van der Waals surface area contributed by atoms with E-state index in [0.29, 0.717) is 10.8 Å². The lowest BCUT2D eigenvalue weighted by molar-refractivity contribution is -0.124. The van der Waals surface area contributed by atoms with Gasteiger partial charge in [0.05, 0.1) is 12.5 Å². The van der Waals surface area contributed by atoms with Crippen LogP contribution >= 0.6 is 11.6 Å². The number of Topliss-reactive ketones (excluding diaryl/α,β-unsaturated/α-hetero) is 1. The molecule has 0 N–H and O–H groups in total. The Bertz CT molecular complexity index is 638. The molecule has 0 aliphatic heterocycles. The summed E-state index contributed by atoms with van der Waals surface area (Å²) in [5.74, 6) is 0.720. The second-order valence-corrected chi connectivity index (χ2v) is 6.07. The standard InChI is InChI=1S/C16H17ClN2O2/c1-16(2,3)15(20)14(10-19-9-8-18-11-19)21-13-6-4-12(17)5-7-13/h4-11H,1-3H3/b14-10+. The van der Waals surface area contributed by atoms with Gasteiger partial charge in [-0.15, -0.1) is 0 Å². The number of carbonyl (C=O) groups is 1. The molecule has 1 aromatic carbocycles. The molecule has 21 heavy (non-hydrogen) atoms. The van der Waals surface area contributed by atoms with E-state index in [0.717, 1.165) is 0 Å². The molecule has 0 unspecified atom stereocenters. The molecular weight excluding hydrogens is 288 g/mol. The first kappa shape index (κ1) is 15.3. The summed E-state index contributed by atoms with van der Waals surface area (Å²) >= 11 is 5.85. The highest BCUT2D eigenvalue weighted by molar-refractivity contribution is 6.30. The van der Waals surface area contributed by atoms with E-state index in [2.05, 4.69) is 4.98 Å². The average Bonchev–Trinajstić information content (AvgIpc) is 2.91. The zero-order valence-corrected chi connectivity index (χ0v) is 13.0. The second-order valence-electron chi connectivity index (χ2n) is 5.64. The quantitative estimate of drug-likeness (QED) is 0.633. The van der Waals surface area contributed by atoms with Crippen LogP contribution in [0.5, 0.6) is 5.75 Å². The van der Waals surface area contributed by atoms with E-state index in [1.807, 2.05) is 20.8 Å². The summed E-state index contributed by atoms with van der Waals surface area (Å²) in [5, 5.41) is 0.615. The maximum atomic E-state index is 12.5. The molecule has 0 aliphatic rings. The van der Waals surface area contributed by atoms with Crippen molar-refractivity contribution >= 4 is 23.6 Å². The Morgan fingerprint density at radius 2 is 1.95 bits per heavy atom. The van der Waals surface area contributed by atoms with E-state index in [1.165, 1.54) is 0 Å². The molecule has 0 radical (unpaired) electrons. The van der Waals surface area contributed by atoms with Gasteiger partial charge in [0.25, 0.3) is 0 Å². The number of ether oxygens (including phenoxy) is 1. The normalized spacial score (nSPS) is 12.3. The van der Waals surface area contributed by atoms with Gasteiger partial charge in [-0.2, -0.15) is 0 Å². The predicted octanol–water partition coefficient (Wildman–Crippen LogP) is 4.03. The van der Waals surface area contributed by atoms with Crippen LogP contribution in [0.1, 0.15) is 20.8 Å². The Balaban J connectivity index is 2.32. The molecule has 0 aliphatic carbocycles. The molecule has 2 rings (SSSR count). The van der Waals surface area contributed by atoms with Crippen molar-refractivity contribution in [3.05, 3.63) is 53.8 Å². The number of rotatable bonds is 4. The maximum absolute atomic E-state index is 12.5. The molecule has 0 bridgehead atoms. The summed E-state index contributed by atoms with van der Waals surface area (Å²) in [6.45, 7) is 5.55. The van der Waals surface area contributed by atoms with E-state index in [1.54, 1.807) is 53.8 Å². The highest BCUT2D eigenvalue weighted by Crippen LogP contribution is 2.24. The van der Waals surface area contributed by atoms with Crippen LogP contribution in [-0.2, 0) is 4.79 Å². The van der Waals surface area contributed by atoms with Crippen LogP contribution in [-0.4, -0.2) is 15.3 Å². The van der Waals surface area contributed by atoms with E-state index < -0.39 is 5.41 Å². The molecule has 0 fully saturated rings. The number of carbonyl (C=O) groups excluding carboxylic acids is 1. The third-order valence-electron chi connectivity index (χ3n) is 2.74. The van der Waals surface area contributed by atoms with Gasteiger partial charge < -0.3 is 9.30 Å². The number of nitrogens with zero attached hydrogens (tertiary/aromatic N) is 2. The van der Waals surface area contributed by atoms with E-state index in [9.17, 15) is 4.79 Å². The topological polar surface area (TPSA) is 44.1 Å². The van der Waals surface area contributed by atoms with Gasteiger partial charge in [-0.25, -0.2) is 4.98 Å². The van der Waals surface area contributed by atoms with Crippen LogP contribution in [0.15, 0.2) is 48.7 Å². The molecule has 0 saturated carbocycles. The lowest BCUT2D eigenvalue weighted by atomic mass is 9.90. The first-order valence-electron chi connectivity index (χ1n) is 6.54. The predicted molar refractivity (Wildman–Crippen MR) is 83.0 cm³/mol. The van der Waals surface area contributed by atoms with E-state index in [4.69, 9.17) is 16.3 Å². The highest BCUT2D eigenvalue weighted by Gasteiger charge is 2.27.